The van der Waals surface area contributed by atoms with Crippen molar-refractivity contribution in [3.8, 4) is 0 Å². The van der Waals surface area contributed by atoms with Crippen molar-refractivity contribution in [1.29, 1.82) is 0 Å². The highest BCUT2D eigenvalue weighted by Gasteiger charge is 2.32. The minimum atomic E-state index is 0.394. The summed E-state index contributed by atoms with van der Waals surface area (Å²) in [5.41, 5.74) is 5.51. The van der Waals surface area contributed by atoms with Crippen LogP contribution in [0.5, 0.6) is 0 Å². The molecule has 0 radical (unpaired) electrons. The Hall–Kier alpha value is -1.85. The third-order valence-corrected chi connectivity index (χ3v) is 6.45. The summed E-state index contributed by atoms with van der Waals surface area (Å²) in [6.45, 7) is 2.96. The van der Waals surface area contributed by atoms with Gasteiger partial charge in [0, 0.05) is 41.7 Å². The molecule has 0 amide bonds. The molecule has 1 N–H and O–H groups in total. The number of hydrogen-bond acceptors (Lipinski definition) is 2. The van der Waals surface area contributed by atoms with Crippen LogP contribution < -0.4 is 10.2 Å². The highest BCUT2D eigenvalue weighted by Crippen LogP contribution is 2.38. The predicted octanol–water partition coefficient (Wildman–Crippen LogP) is 5.59. The number of nitrogens with one attached hydrogen (secondary N) is 1. The first kappa shape index (κ1) is 18.5. The van der Waals surface area contributed by atoms with Crippen molar-refractivity contribution in [2.75, 3.05) is 15.9 Å². The molecule has 1 aliphatic rings. The molecule has 0 aromatic heterocycles. The number of rotatable bonds is 6. The summed E-state index contributed by atoms with van der Waals surface area (Å²) in [5.74, 6) is 0.591. The molecule has 0 spiro atoms. The Morgan fingerprint density at radius 1 is 0.815 bits per heavy atom. The van der Waals surface area contributed by atoms with E-state index in [2.05, 4.69) is 118 Å². The fourth-order valence-electron chi connectivity index (χ4n) is 3.97. The number of anilines is 1. The zero-order valence-corrected chi connectivity index (χ0v) is 17.5. The molecular formula is C24H25IN2. The van der Waals surface area contributed by atoms with Crippen molar-refractivity contribution in [3.63, 3.8) is 0 Å². The normalized spacial score (nSPS) is 18.9. The van der Waals surface area contributed by atoms with Crippen LogP contribution in [0.3, 0.4) is 0 Å². The maximum atomic E-state index is 3.85. The van der Waals surface area contributed by atoms with Crippen molar-refractivity contribution in [2.24, 2.45) is 5.92 Å². The van der Waals surface area contributed by atoms with Crippen LogP contribution in [-0.4, -0.2) is 11.0 Å². The van der Waals surface area contributed by atoms with E-state index in [9.17, 15) is 0 Å². The van der Waals surface area contributed by atoms with E-state index < -0.39 is 0 Å². The van der Waals surface area contributed by atoms with E-state index in [0.717, 1.165) is 24.1 Å². The molecule has 4 rings (SSSR count). The van der Waals surface area contributed by atoms with Gasteiger partial charge in [0.1, 0.15) is 0 Å². The summed E-state index contributed by atoms with van der Waals surface area (Å²) in [6.07, 6.45) is 0. The molecule has 0 unspecified atom stereocenters. The van der Waals surface area contributed by atoms with Gasteiger partial charge in [-0.05, 0) is 22.8 Å². The summed E-state index contributed by atoms with van der Waals surface area (Å²) in [6, 6.07) is 30.8. The van der Waals surface area contributed by atoms with E-state index in [0.29, 0.717) is 12.0 Å². The molecule has 1 aliphatic heterocycles. The first-order valence-electron chi connectivity index (χ1n) is 9.56. The Morgan fingerprint density at radius 3 is 2.15 bits per heavy atom. The van der Waals surface area contributed by atoms with Gasteiger partial charge in [0.2, 0.25) is 0 Å². The lowest BCUT2D eigenvalue weighted by Crippen LogP contribution is -2.43. The Balaban J connectivity index is 1.59. The average Bonchev–Trinajstić information content (AvgIpc) is 2.74. The quantitative estimate of drug-likeness (QED) is 0.375. The average molecular weight is 468 g/mol. The molecule has 3 aromatic rings. The Bertz CT molecular complexity index is 851. The third-order valence-electron chi connectivity index (χ3n) is 5.32. The molecule has 0 saturated carbocycles. The minimum Gasteiger partial charge on any atom is -0.367 e. The number of fused-ring (bicyclic) bond motifs is 1. The van der Waals surface area contributed by atoms with Crippen molar-refractivity contribution in [3.05, 3.63) is 102 Å². The van der Waals surface area contributed by atoms with Gasteiger partial charge in [-0.2, -0.15) is 0 Å². The van der Waals surface area contributed by atoms with E-state index in [1.54, 1.807) is 0 Å². The minimum absolute atomic E-state index is 0.394. The van der Waals surface area contributed by atoms with Crippen molar-refractivity contribution < 1.29 is 0 Å². The highest BCUT2D eigenvalue weighted by molar-refractivity contribution is 14.1. The van der Waals surface area contributed by atoms with Crippen LogP contribution in [0.2, 0.25) is 0 Å². The molecule has 138 valence electrons. The molecule has 27 heavy (non-hydrogen) atoms. The molecule has 2 atom stereocenters. The number of benzene rings is 3. The number of nitrogens with zero attached hydrogens (tertiary/aromatic N) is 1. The number of halogens is 1. The van der Waals surface area contributed by atoms with Crippen molar-refractivity contribution in [1.82, 2.24) is 5.32 Å². The molecule has 3 aromatic carbocycles. The number of para-hydroxylation sites is 1. The number of hydrogen-bond donors (Lipinski definition) is 1. The Labute approximate surface area is 175 Å². The van der Waals surface area contributed by atoms with E-state index in [1.165, 1.54) is 22.4 Å². The van der Waals surface area contributed by atoms with Gasteiger partial charge in [-0.1, -0.05) is 101 Å². The van der Waals surface area contributed by atoms with Gasteiger partial charge in [0.25, 0.3) is 0 Å². The predicted molar refractivity (Wildman–Crippen MR) is 122 cm³/mol. The fourth-order valence-corrected chi connectivity index (χ4v) is 4.76. The van der Waals surface area contributed by atoms with Gasteiger partial charge in [-0.15, -0.1) is 0 Å². The van der Waals surface area contributed by atoms with E-state index >= 15 is 0 Å². The fraction of sp³-hybridized carbons (Fsp3) is 0.250. The Kier molecular flexibility index (Phi) is 6.10. The molecular weight excluding hydrogens is 443 g/mol. The molecule has 0 aliphatic carbocycles. The van der Waals surface area contributed by atoms with Crippen LogP contribution in [0.15, 0.2) is 84.9 Å². The summed E-state index contributed by atoms with van der Waals surface area (Å²) in [5, 5.41) is 3.85. The summed E-state index contributed by atoms with van der Waals surface area (Å²) in [7, 11) is 0. The van der Waals surface area contributed by atoms with Crippen LogP contribution >= 0.6 is 22.6 Å². The van der Waals surface area contributed by atoms with Crippen LogP contribution in [0.1, 0.15) is 22.7 Å². The molecule has 0 saturated heterocycles. The lowest BCUT2D eigenvalue weighted by Gasteiger charge is -2.41. The second-order valence-corrected chi connectivity index (χ2v) is 8.06. The van der Waals surface area contributed by atoms with Crippen LogP contribution in [0.25, 0.3) is 0 Å². The molecule has 2 nitrogen and oxygen atoms in total. The lowest BCUT2D eigenvalue weighted by molar-refractivity contribution is 0.374. The molecule has 0 fully saturated rings. The SMILES string of the molecule is IC[C@@H]1CN(Cc2ccccc2)c2ccccc2[C@H]1NCc1ccccc1. The van der Waals surface area contributed by atoms with E-state index in [-0.39, 0.29) is 0 Å². The van der Waals surface area contributed by atoms with Gasteiger partial charge in [0.05, 0.1) is 0 Å². The maximum Gasteiger partial charge on any atom is 0.0429 e. The maximum absolute atomic E-state index is 3.85. The van der Waals surface area contributed by atoms with E-state index in [4.69, 9.17) is 0 Å². The molecule has 3 heteroatoms. The smallest absolute Gasteiger partial charge is 0.0429 e. The van der Waals surface area contributed by atoms with Gasteiger partial charge < -0.3 is 10.2 Å². The largest absolute Gasteiger partial charge is 0.367 e. The van der Waals surface area contributed by atoms with Gasteiger partial charge in [0.15, 0.2) is 0 Å². The van der Waals surface area contributed by atoms with Crippen molar-refractivity contribution in [2.45, 2.75) is 19.1 Å². The summed E-state index contributed by atoms with van der Waals surface area (Å²) < 4.78 is 1.14. The first-order valence-corrected chi connectivity index (χ1v) is 11.1. The molecule has 0 bridgehead atoms. The first-order chi connectivity index (χ1) is 13.3. The zero-order chi connectivity index (χ0) is 18.5. The van der Waals surface area contributed by atoms with Gasteiger partial charge in [-0.25, -0.2) is 0 Å². The standard InChI is InChI=1S/C24H25IN2/c25-15-21-18-27(17-20-11-5-2-6-12-20)23-14-8-7-13-22(23)24(21)26-16-19-9-3-1-4-10-19/h1-14,21,24,26H,15-18H2/t21-,24+/m1/s1. The Morgan fingerprint density at radius 2 is 1.44 bits per heavy atom. The topological polar surface area (TPSA) is 15.3 Å². The van der Waals surface area contributed by atoms with E-state index in [1.807, 2.05) is 0 Å². The van der Waals surface area contributed by atoms with Crippen LogP contribution in [-0.2, 0) is 13.1 Å². The summed E-state index contributed by atoms with van der Waals surface area (Å²) >= 11 is 2.55. The van der Waals surface area contributed by atoms with Crippen molar-refractivity contribution >= 4 is 28.3 Å². The summed E-state index contributed by atoms with van der Waals surface area (Å²) in [4.78, 5) is 2.55. The second-order valence-electron chi connectivity index (χ2n) is 7.18. The van der Waals surface area contributed by atoms with Gasteiger partial charge >= 0.3 is 0 Å². The molecule has 1 heterocycles. The lowest BCUT2D eigenvalue weighted by atomic mass is 9.87. The zero-order valence-electron chi connectivity index (χ0n) is 15.4. The highest BCUT2D eigenvalue weighted by atomic mass is 127. The second kappa shape index (κ2) is 8.89. The monoisotopic (exact) mass is 468 g/mol. The van der Waals surface area contributed by atoms with Crippen LogP contribution in [0, 0.1) is 5.92 Å². The van der Waals surface area contributed by atoms with Crippen LogP contribution in [0.4, 0.5) is 5.69 Å². The van der Waals surface area contributed by atoms with Gasteiger partial charge in [-0.3, -0.25) is 0 Å². The number of alkyl halides is 1. The third kappa shape index (κ3) is 4.36.